The second-order valence-corrected chi connectivity index (χ2v) is 5.28. The lowest BCUT2D eigenvalue weighted by Crippen LogP contribution is -1.97. The first-order valence-electron chi connectivity index (χ1n) is 5.44. The zero-order valence-electron chi connectivity index (χ0n) is 9.56. The first-order chi connectivity index (χ1) is 7.70. The van der Waals surface area contributed by atoms with Gasteiger partial charge in [-0.2, -0.15) is 0 Å². The maximum absolute atomic E-state index is 13.6. The van der Waals surface area contributed by atoms with Gasteiger partial charge < -0.3 is 4.74 Å². The Morgan fingerprint density at radius 1 is 1.31 bits per heavy atom. The summed E-state index contributed by atoms with van der Waals surface area (Å²) in [6.45, 7) is 4.78. The van der Waals surface area contributed by atoms with Crippen molar-refractivity contribution in [3.8, 4) is 5.75 Å². The van der Waals surface area contributed by atoms with Crippen LogP contribution < -0.4 is 4.74 Å². The van der Waals surface area contributed by atoms with Gasteiger partial charge in [-0.3, -0.25) is 0 Å². The normalized spacial score (nSPS) is 10.5. The van der Waals surface area contributed by atoms with Gasteiger partial charge in [-0.15, -0.1) is 11.8 Å². The quantitative estimate of drug-likeness (QED) is 0.693. The molecule has 1 aromatic carbocycles. The van der Waals surface area contributed by atoms with E-state index < -0.39 is 0 Å². The van der Waals surface area contributed by atoms with Gasteiger partial charge in [0.15, 0.2) is 0 Å². The molecule has 16 heavy (non-hydrogen) atoms. The fraction of sp³-hybridized carbons (Fsp3) is 0.500. The minimum Gasteiger partial charge on any atom is -0.492 e. The van der Waals surface area contributed by atoms with Gasteiger partial charge in [0.25, 0.3) is 0 Å². The van der Waals surface area contributed by atoms with Gasteiger partial charge in [0.05, 0.1) is 16.0 Å². The number of thioether (sulfide) groups is 1. The molecule has 1 aromatic rings. The largest absolute Gasteiger partial charge is 0.492 e. The van der Waals surface area contributed by atoms with E-state index in [1.165, 1.54) is 17.8 Å². The molecule has 0 fully saturated rings. The molecule has 1 rings (SSSR count). The lowest BCUT2D eigenvalue weighted by atomic mass is 10.3. The highest BCUT2D eigenvalue weighted by molar-refractivity contribution is 9.10. The molecule has 0 bridgehead atoms. The fourth-order valence-corrected chi connectivity index (χ4v) is 2.80. The van der Waals surface area contributed by atoms with E-state index in [-0.39, 0.29) is 5.82 Å². The molecule has 0 spiro atoms. The van der Waals surface area contributed by atoms with E-state index in [4.69, 9.17) is 4.74 Å². The second kappa shape index (κ2) is 7.17. The van der Waals surface area contributed by atoms with Crippen molar-refractivity contribution in [2.75, 3.05) is 12.4 Å². The molecule has 0 saturated heterocycles. The first-order valence-corrected chi connectivity index (χ1v) is 7.22. The van der Waals surface area contributed by atoms with E-state index in [0.717, 1.165) is 28.8 Å². The number of hydrogen-bond acceptors (Lipinski definition) is 2. The minimum atomic E-state index is -0.186. The summed E-state index contributed by atoms with van der Waals surface area (Å²) in [5.41, 5.74) is 0. The van der Waals surface area contributed by atoms with Gasteiger partial charge in [0, 0.05) is 0 Å². The predicted octanol–water partition coefficient (Wildman–Crippen LogP) is 4.88. The summed E-state index contributed by atoms with van der Waals surface area (Å²) in [5, 5.41) is 0. The average molecular weight is 307 g/mol. The Morgan fingerprint density at radius 2 is 2.06 bits per heavy atom. The molecule has 90 valence electrons. The van der Waals surface area contributed by atoms with E-state index in [1.54, 1.807) is 6.07 Å². The summed E-state index contributed by atoms with van der Waals surface area (Å²) >= 11 is 4.93. The first kappa shape index (κ1) is 13.8. The summed E-state index contributed by atoms with van der Waals surface area (Å²) < 4.78 is 19.8. The highest BCUT2D eigenvalue weighted by Gasteiger charge is 2.12. The van der Waals surface area contributed by atoms with E-state index in [1.807, 2.05) is 6.92 Å². The molecule has 0 amide bonds. The Bertz CT molecular complexity index is 344. The van der Waals surface area contributed by atoms with E-state index in [0.29, 0.717) is 11.5 Å². The Hall–Kier alpha value is -0.220. The molecule has 0 unspecified atom stereocenters. The van der Waals surface area contributed by atoms with Gasteiger partial charge in [0.2, 0.25) is 0 Å². The van der Waals surface area contributed by atoms with Crippen LogP contribution in [0.1, 0.15) is 26.7 Å². The van der Waals surface area contributed by atoms with E-state index >= 15 is 0 Å². The zero-order valence-corrected chi connectivity index (χ0v) is 12.0. The van der Waals surface area contributed by atoms with Crippen LogP contribution in [0.15, 0.2) is 21.5 Å². The monoisotopic (exact) mass is 306 g/mol. The SMILES string of the molecule is CCCOc1ccc(F)c(SCCC)c1Br. The third-order valence-electron chi connectivity index (χ3n) is 1.93. The third kappa shape index (κ3) is 3.67. The molecule has 0 N–H and O–H groups in total. The van der Waals surface area contributed by atoms with Crippen molar-refractivity contribution in [3.05, 3.63) is 22.4 Å². The molecule has 0 aliphatic heterocycles. The van der Waals surface area contributed by atoms with Crippen LogP contribution in [-0.2, 0) is 0 Å². The molecule has 0 aliphatic carbocycles. The molecular formula is C12H16BrFOS. The highest BCUT2D eigenvalue weighted by Crippen LogP contribution is 2.37. The Balaban J connectivity index is 2.87. The summed E-state index contributed by atoms with van der Waals surface area (Å²) in [6.07, 6.45) is 1.97. The Labute approximate surface area is 109 Å². The smallest absolute Gasteiger partial charge is 0.138 e. The summed E-state index contributed by atoms with van der Waals surface area (Å²) in [5.74, 6) is 1.45. The molecule has 0 aromatic heterocycles. The summed E-state index contributed by atoms with van der Waals surface area (Å²) in [6, 6.07) is 3.14. The number of benzene rings is 1. The molecule has 0 atom stereocenters. The van der Waals surface area contributed by atoms with Crippen LogP contribution in [0, 0.1) is 5.82 Å². The van der Waals surface area contributed by atoms with Crippen LogP contribution >= 0.6 is 27.7 Å². The van der Waals surface area contributed by atoms with Crippen LogP contribution in [0.4, 0.5) is 4.39 Å². The summed E-state index contributed by atoms with van der Waals surface area (Å²) in [7, 11) is 0. The van der Waals surface area contributed by atoms with E-state index in [9.17, 15) is 4.39 Å². The number of rotatable bonds is 6. The van der Waals surface area contributed by atoms with Crippen molar-refractivity contribution in [2.45, 2.75) is 31.6 Å². The van der Waals surface area contributed by atoms with Gasteiger partial charge in [-0.05, 0) is 46.7 Å². The summed E-state index contributed by atoms with van der Waals surface area (Å²) in [4.78, 5) is 0.649. The zero-order chi connectivity index (χ0) is 12.0. The Morgan fingerprint density at radius 3 is 2.69 bits per heavy atom. The van der Waals surface area contributed by atoms with Gasteiger partial charge in [-0.25, -0.2) is 4.39 Å². The van der Waals surface area contributed by atoms with Gasteiger partial charge in [0.1, 0.15) is 11.6 Å². The third-order valence-corrected chi connectivity index (χ3v) is 4.28. The Kier molecular flexibility index (Phi) is 6.21. The van der Waals surface area contributed by atoms with Crippen LogP contribution in [0.2, 0.25) is 0 Å². The molecule has 0 aliphatic rings. The fourth-order valence-electron chi connectivity index (χ4n) is 1.17. The molecule has 0 radical (unpaired) electrons. The standard InChI is InChI=1S/C12H16BrFOS/c1-3-7-15-10-6-5-9(14)12(11(10)13)16-8-4-2/h5-6H,3-4,7-8H2,1-2H3. The molecular weight excluding hydrogens is 291 g/mol. The van der Waals surface area contributed by atoms with Crippen molar-refractivity contribution in [1.82, 2.24) is 0 Å². The van der Waals surface area contributed by atoms with Gasteiger partial charge >= 0.3 is 0 Å². The van der Waals surface area contributed by atoms with Crippen molar-refractivity contribution in [1.29, 1.82) is 0 Å². The maximum Gasteiger partial charge on any atom is 0.138 e. The lowest BCUT2D eigenvalue weighted by molar-refractivity contribution is 0.313. The topological polar surface area (TPSA) is 9.23 Å². The molecule has 1 nitrogen and oxygen atoms in total. The number of halogens is 2. The highest BCUT2D eigenvalue weighted by atomic mass is 79.9. The average Bonchev–Trinajstić information content (AvgIpc) is 2.28. The van der Waals surface area contributed by atoms with Crippen LogP contribution in [0.5, 0.6) is 5.75 Å². The van der Waals surface area contributed by atoms with Crippen molar-refractivity contribution >= 4 is 27.7 Å². The second-order valence-electron chi connectivity index (χ2n) is 3.39. The van der Waals surface area contributed by atoms with Crippen LogP contribution in [-0.4, -0.2) is 12.4 Å². The maximum atomic E-state index is 13.6. The molecule has 0 heterocycles. The minimum absolute atomic E-state index is 0.186. The molecule has 0 saturated carbocycles. The van der Waals surface area contributed by atoms with Crippen molar-refractivity contribution in [2.24, 2.45) is 0 Å². The van der Waals surface area contributed by atoms with Crippen LogP contribution in [0.3, 0.4) is 0 Å². The number of ether oxygens (including phenoxy) is 1. The predicted molar refractivity (Wildman–Crippen MR) is 70.9 cm³/mol. The lowest BCUT2D eigenvalue weighted by Gasteiger charge is -2.11. The van der Waals surface area contributed by atoms with Crippen molar-refractivity contribution < 1.29 is 9.13 Å². The molecule has 4 heteroatoms. The van der Waals surface area contributed by atoms with Crippen molar-refractivity contribution in [3.63, 3.8) is 0 Å². The van der Waals surface area contributed by atoms with E-state index in [2.05, 4.69) is 22.9 Å². The van der Waals surface area contributed by atoms with Crippen LogP contribution in [0.25, 0.3) is 0 Å². The number of hydrogen-bond donors (Lipinski definition) is 0. The van der Waals surface area contributed by atoms with Gasteiger partial charge in [-0.1, -0.05) is 13.8 Å².